The summed E-state index contributed by atoms with van der Waals surface area (Å²) in [5.41, 5.74) is 0.345. The molecule has 0 radical (unpaired) electrons. The van der Waals surface area contributed by atoms with E-state index in [1.807, 2.05) is 0 Å². The molecule has 1 saturated carbocycles. The van der Waals surface area contributed by atoms with Gasteiger partial charge < -0.3 is 4.90 Å². The Morgan fingerprint density at radius 3 is 2.63 bits per heavy atom. The number of halogens is 3. The maximum absolute atomic E-state index is 13.8. The van der Waals surface area contributed by atoms with Crippen LogP contribution in [0.2, 0.25) is 5.02 Å². The Balaban J connectivity index is 1.47. The van der Waals surface area contributed by atoms with Crippen molar-refractivity contribution in [2.75, 3.05) is 13.1 Å². The van der Waals surface area contributed by atoms with Gasteiger partial charge in [0.15, 0.2) is 0 Å². The Morgan fingerprint density at radius 1 is 1.30 bits per heavy atom. The van der Waals surface area contributed by atoms with E-state index in [4.69, 9.17) is 11.6 Å². The van der Waals surface area contributed by atoms with Gasteiger partial charge in [-0.05, 0) is 42.9 Å². The van der Waals surface area contributed by atoms with Crippen molar-refractivity contribution < 1.29 is 13.6 Å². The van der Waals surface area contributed by atoms with Gasteiger partial charge in [0.2, 0.25) is 5.91 Å². The molecule has 0 unspecified atom stereocenters. The minimum atomic E-state index is -2.80. The monoisotopic (exact) mass is 394 g/mol. The van der Waals surface area contributed by atoms with Gasteiger partial charge in [-0.2, -0.15) is 15.4 Å². The van der Waals surface area contributed by atoms with E-state index in [0.29, 0.717) is 29.6 Å². The standard InChI is InChI=1S/C19H21ClF2N4O/c20-15-3-1-2-14(9-15)18(11-19(21,22)12-18)17(27)26-6-4-13(5-7-26)8-16-10-23-25-24-16/h1-3,9-10,13H,4-8,11-12H2,(H,23,24,25). The van der Waals surface area contributed by atoms with Gasteiger partial charge in [0, 0.05) is 31.0 Å². The SMILES string of the molecule is O=C(N1CCC(Cc2cn[nH]n2)CC1)C1(c2cccc(Cl)c2)CC(F)(F)C1. The number of rotatable bonds is 4. The van der Waals surface area contributed by atoms with Gasteiger partial charge >= 0.3 is 0 Å². The number of likely N-dealkylation sites (tertiary alicyclic amines) is 1. The van der Waals surface area contributed by atoms with Crippen molar-refractivity contribution in [3.05, 3.63) is 46.7 Å². The van der Waals surface area contributed by atoms with E-state index in [0.717, 1.165) is 25.0 Å². The molecule has 2 aliphatic rings. The minimum absolute atomic E-state index is 0.199. The molecule has 2 heterocycles. The smallest absolute Gasteiger partial charge is 0.250 e. The zero-order chi connectivity index (χ0) is 19.1. The Labute approximate surface area is 161 Å². The van der Waals surface area contributed by atoms with Crippen molar-refractivity contribution in [2.24, 2.45) is 5.92 Å². The molecule has 0 spiro atoms. The summed E-state index contributed by atoms with van der Waals surface area (Å²) in [7, 11) is 0. The van der Waals surface area contributed by atoms with E-state index >= 15 is 0 Å². The average Bonchev–Trinajstić information content (AvgIpc) is 3.12. The number of hydrogen-bond donors (Lipinski definition) is 1. The highest BCUT2D eigenvalue weighted by molar-refractivity contribution is 6.30. The van der Waals surface area contributed by atoms with Gasteiger partial charge in [0.05, 0.1) is 17.3 Å². The summed E-state index contributed by atoms with van der Waals surface area (Å²) in [5.74, 6) is -2.58. The van der Waals surface area contributed by atoms with Crippen molar-refractivity contribution in [3.8, 4) is 0 Å². The number of carbonyl (C=O) groups excluding carboxylic acids is 1. The van der Waals surface area contributed by atoms with Gasteiger partial charge in [-0.15, -0.1) is 0 Å². The zero-order valence-corrected chi connectivity index (χ0v) is 15.6. The topological polar surface area (TPSA) is 61.9 Å². The molecule has 5 nitrogen and oxygen atoms in total. The molecule has 2 aromatic rings. The molecule has 1 aromatic heterocycles. The first-order valence-corrected chi connectivity index (χ1v) is 9.54. The van der Waals surface area contributed by atoms with Crippen LogP contribution in [0, 0.1) is 5.92 Å². The number of nitrogens with one attached hydrogen (secondary N) is 1. The van der Waals surface area contributed by atoms with Gasteiger partial charge in [-0.3, -0.25) is 4.79 Å². The van der Waals surface area contributed by atoms with Crippen LogP contribution in [0.4, 0.5) is 8.78 Å². The van der Waals surface area contributed by atoms with Gasteiger partial charge in [-0.25, -0.2) is 8.78 Å². The normalized spacial score (nSPS) is 21.7. The molecule has 0 bridgehead atoms. The highest BCUT2D eigenvalue weighted by Crippen LogP contribution is 2.54. The van der Waals surface area contributed by atoms with Gasteiger partial charge in [0.25, 0.3) is 5.92 Å². The summed E-state index contributed by atoms with van der Waals surface area (Å²) in [6, 6.07) is 6.78. The lowest BCUT2D eigenvalue weighted by Crippen LogP contribution is -2.60. The average molecular weight is 395 g/mol. The van der Waals surface area contributed by atoms with E-state index < -0.39 is 24.2 Å². The molecular weight excluding hydrogens is 374 g/mol. The van der Waals surface area contributed by atoms with Crippen molar-refractivity contribution >= 4 is 17.5 Å². The van der Waals surface area contributed by atoms with Crippen LogP contribution < -0.4 is 0 Å². The maximum Gasteiger partial charge on any atom is 0.250 e. The van der Waals surface area contributed by atoms with Crippen LogP contribution in [0.5, 0.6) is 0 Å². The zero-order valence-electron chi connectivity index (χ0n) is 14.8. The number of amides is 1. The lowest BCUT2D eigenvalue weighted by molar-refractivity contribution is -0.169. The summed E-state index contributed by atoms with van der Waals surface area (Å²) in [6.07, 6.45) is 3.30. The first kappa shape index (κ1) is 18.3. The van der Waals surface area contributed by atoms with Crippen LogP contribution in [-0.2, 0) is 16.6 Å². The van der Waals surface area contributed by atoms with Crippen molar-refractivity contribution in [1.82, 2.24) is 20.3 Å². The summed E-state index contributed by atoms with van der Waals surface area (Å²) in [6.45, 7) is 1.16. The summed E-state index contributed by atoms with van der Waals surface area (Å²) >= 11 is 6.05. The van der Waals surface area contributed by atoms with Crippen LogP contribution in [0.3, 0.4) is 0 Å². The second-order valence-electron chi connectivity index (χ2n) is 7.70. The largest absolute Gasteiger partial charge is 0.342 e. The number of piperidine rings is 1. The van der Waals surface area contributed by atoms with Crippen LogP contribution in [-0.4, -0.2) is 45.2 Å². The molecule has 1 amide bonds. The maximum atomic E-state index is 13.8. The number of hydrogen-bond acceptors (Lipinski definition) is 3. The lowest BCUT2D eigenvalue weighted by Gasteiger charge is -2.49. The highest BCUT2D eigenvalue weighted by Gasteiger charge is 2.62. The third kappa shape index (κ3) is 3.57. The van der Waals surface area contributed by atoms with E-state index in [-0.39, 0.29) is 5.91 Å². The Kier molecular flexibility index (Phi) is 4.66. The number of aromatic nitrogens is 3. The molecule has 4 rings (SSSR count). The number of nitrogens with zero attached hydrogens (tertiary/aromatic N) is 3. The van der Waals surface area contributed by atoms with E-state index in [1.165, 1.54) is 0 Å². The molecule has 27 heavy (non-hydrogen) atoms. The first-order valence-electron chi connectivity index (χ1n) is 9.16. The number of aromatic amines is 1. The molecule has 144 valence electrons. The minimum Gasteiger partial charge on any atom is -0.342 e. The molecule has 2 fully saturated rings. The van der Waals surface area contributed by atoms with Crippen molar-refractivity contribution in [2.45, 2.75) is 43.4 Å². The predicted octanol–water partition coefficient (Wildman–Crippen LogP) is 3.61. The third-order valence-electron chi connectivity index (χ3n) is 5.77. The summed E-state index contributed by atoms with van der Waals surface area (Å²) in [4.78, 5) is 15.0. The number of H-pyrrole nitrogens is 1. The molecule has 1 N–H and O–H groups in total. The van der Waals surface area contributed by atoms with Crippen LogP contribution >= 0.6 is 11.6 Å². The van der Waals surface area contributed by atoms with Crippen LogP contribution in [0.1, 0.15) is 36.9 Å². The second-order valence-corrected chi connectivity index (χ2v) is 8.14. The fourth-order valence-electron chi connectivity index (χ4n) is 4.36. The second kappa shape index (κ2) is 6.86. The highest BCUT2D eigenvalue weighted by atomic mass is 35.5. The fourth-order valence-corrected chi connectivity index (χ4v) is 4.55. The molecule has 1 aromatic carbocycles. The number of carbonyl (C=O) groups is 1. The molecule has 8 heteroatoms. The van der Waals surface area contributed by atoms with Crippen LogP contribution in [0.15, 0.2) is 30.5 Å². The Hall–Kier alpha value is -2.02. The fraction of sp³-hybridized carbons (Fsp3) is 0.526. The summed E-state index contributed by atoms with van der Waals surface area (Å²) in [5, 5.41) is 11.0. The van der Waals surface area contributed by atoms with E-state index in [2.05, 4.69) is 15.4 Å². The Bertz CT molecular complexity index is 811. The van der Waals surface area contributed by atoms with Crippen molar-refractivity contribution in [1.29, 1.82) is 0 Å². The lowest BCUT2D eigenvalue weighted by atomic mass is 9.61. The van der Waals surface area contributed by atoms with E-state index in [1.54, 1.807) is 35.4 Å². The van der Waals surface area contributed by atoms with E-state index in [9.17, 15) is 13.6 Å². The number of benzene rings is 1. The molecule has 1 aliphatic heterocycles. The number of alkyl halides is 2. The quantitative estimate of drug-likeness (QED) is 0.861. The molecule has 1 saturated heterocycles. The third-order valence-corrected chi connectivity index (χ3v) is 6.01. The van der Waals surface area contributed by atoms with Crippen LogP contribution in [0.25, 0.3) is 0 Å². The molecule has 1 aliphatic carbocycles. The van der Waals surface area contributed by atoms with Gasteiger partial charge in [0.1, 0.15) is 0 Å². The van der Waals surface area contributed by atoms with Gasteiger partial charge in [-0.1, -0.05) is 23.7 Å². The molecule has 0 atom stereocenters. The molecular formula is C19H21ClF2N4O. The predicted molar refractivity (Wildman–Crippen MR) is 96.7 cm³/mol. The summed E-state index contributed by atoms with van der Waals surface area (Å²) < 4.78 is 27.6. The van der Waals surface area contributed by atoms with Crippen molar-refractivity contribution in [3.63, 3.8) is 0 Å². The Morgan fingerprint density at radius 2 is 2.04 bits per heavy atom. The first-order chi connectivity index (χ1) is 12.9.